The Hall–Kier alpha value is -2.38. The van der Waals surface area contributed by atoms with Crippen molar-refractivity contribution in [2.75, 3.05) is 19.0 Å². The largest absolute Gasteiger partial charge is 0.483 e. The molecule has 0 saturated heterocycles. The van der Waals surface area contributed by atoms with E-state index in [1.54, 1.807) is 0 Å². The summed E-state index contributed by atoms with van der Waals surface area (Å²) < 4.78 is 31.1. The number of carbonyl (C=O) groups excluding carboxylic acids is 1. The first kappa shape index (κ1) is 18.0. The smallest absolute Gasteiger partial charge is 0.262 e. The maximum atomic E-state index is 12.0. The van der Waals surface area contributed by atoms with Gasteiger partial charge in [0.2, 0.25) is 10.0 Å². The molecule has 0 fully saturated rings. The maximum absolute atomic E-state index is 12.0. The van der Waals surface area contributed by atoms with Crippen LogP contribution in [0.15, 0.2) is 47.4 Å². The SMILES string of the molecule is CNS(=O)(=O)c1ccc(NC(=O)COc2c(C)cccc2C)cc1. The van der Waals surface area contributed by atoms with Crippen molar-refractivity contribution in [3.8, 4) is 5.75 Å². The second-order valence-electron chi connectivity index (χ2n) is 5.29. The number of anilines is 1. The van der Waals surface area contributed by atoms with E-state index in [1.165, 1.54) is 31.3 Å². The second kappa shape index (κ2) is 7.46. The summed E-state index contributed by atoms with van der Waals surface area (Å²) in [6, 6.07) is 11.7. The fourth-order valence-electron chi connectivity index (χ4n) is 2.20. The number of sulfonamides is 1. The molecule has 0 bridgehead atoms. The van der Waals surface area contributed by atoms with Gasteiger partial charge in [-0.15, -0.1) is 0 Å². The first-order chi connectivity index (χ1) is 11.3. The lowest BCUT2D eigenvalue weighted by Crippen LogP contribution is -2.21. The fourth-order valence-corrected chi connectivity index (χ4v) is 2.93. The maximum Gasteiger partial charge on any atom is 0.262 e. The van der Waals surface area contributed by atoms with Crippen LogP contribution in [0.2, 0.25) is 0 Å². The van der Waals surface area contributed by atoms with Crippen LogP contribution < -0.4 is 14.8 Å². The number of benzene rings is 2. The molecule has 7 heteroatoms. The molecular formula is C17H20N2O4S. The Labute approximate surface area is 141 Å². The number of amides is 1. The lowest BCUT2D eigenvalue weighted by molar-refractivity contribution is -0.118. The summed E-state index contributed by atoms with van der Waals surface area (Å²) in [5, 5.41) is 2.67. The van der Waals surface area contributed by atoms with E-state index in [1.807, 2.05) is 32.0 Å². The molecule has 1 amide bonds. The molecule has 128 valence electrons. The minimum Gasteiger partial charge on any atom is -0.483 e. The Balaban J connectivity index is 1.98. The number of hydrogen-bond acceptors (Lipinski definition) is 4. The standard InChI is InChI=1S/C17H20N2O4S/c1-12-5-4-6-13(2)17(12)23-11-16(20)19-14-7-9-15(10-8-14)24(21,22)18-3/h4-10,18H,11H2,1-3H3,(H,19,20). The lowest BCUT2D eigenvalue weighted by Gasteiger charge is -2.12. The molecule has 0 aromatic heterocycles. The van der Waals surface area contributed by atoms with Crippen molar-refractivity contribution in [3.05, 3.63) is 53.6 Å². The van der Waals surface area contributed by atoms with Crippen LogP contribution in [0.1, 0.15) is 11.1 Å². The van der Waals surface area contributed by atoms with E-state index >= 15 is 0 Å². The van der Waals surface area contributed by atoms with Gasteiger partial charge in [-0.3, -0.25) is 4.79 Å². The third kappa shape index (κ3) is 4.33. The van der Waals surface area contributed by atoms with Gasteiger partial charge >= 0.3 is 0 Å². The zero-order valence-electron chi connectivity index (χ0n) is 13.8. The van der Waals surface area contributed by atoms with Crippen molar-refractivity contribution >= 4 is 21.6 Å². The number of rotatable bonds is 6. The van der Waals surface area contributed by atoms with Gasteiger partial charge in [0.25, 0.3) is 5.91 Å². The Morgan fingerprint density at radius 1 is 1.04 bits per heavy atom. The third-order valence-corrected chi connectivity index (χ3v) is 4.90. The molecule has 0 aliphatic rings. The van der Waals surface area contributed by atoms with Crippen LogP contribution in [-0.2, 0) is 14.8 Å². The van der Waals surface area contributed by atoms with E-state index in [4.69, 9.17) is 4.74 Å². The average Bonchev–Trinajstić information content (AvgIpc) is 2.55. The summed E-state index contributed by atoms with van der Waals surface area (Å²) in [7, 11) is -2.14. The zero-order chi connectivity index (χ0) is 17.7. The van der Waals surface area contributed by atoms with E-state index in [0.29, 0.717) is 11.4 Å². The van der Waals surface area contributed by atoms with Gasteiger partial charge in [0.1, 0.15) is 5.75 Å². The normalized spacial score (nSPS) is 11.1. The minimum atomic E-state index is -3.49. The second-order valence-corrected chi connectivity index (χ2v) is 7.18. The highest BCUT2D eigenvalue weighted by Gasteiger charge is 2.11. The number of aryl methyl sites for hydroxylation is 2. The molecule has 0 aliphatic heterocycles. The van der Waals surface area contributed by atoms with E-state index < -0.39 is 10.0 Å². The van der Waals surface area contributed by atoms with Gasteiger partial charge in [-0.05, 0) is 56.3 Å². The summed E-state index contributed by atoms with van der Waals surface area (Å²) >= 11 is 0. The number of nitrogens with one attached hydrogen (secondary N) is 2. The van der Waals surface area contributed by atoms with E-state index in [2.05, 4.69) is 10.0 Å². The number of carbonyl (C=O) groups is 1. The molecule has 0 aliphatic carbocycles. The summed E-state index contributed by atoms with van der Waals surface area (Å²) in [5.41, 5.74) is 2.43. The predicted octanol–water partition coefficient (Wildman–Crippen LogP) is 2.23. The monoisotopic (exact) mass is 348 g/mol. The van der Waals surface area contributed by atoms with Gasteiger partial charge in [-0.1, -0.05) is 18.2 Å². The molecule has 2 aromatic rings. The average molecular weight is 348 g/mol. The molecule has 0 saturated carbocycles. The molecule has 24 heavy (non-hydrogen) atoms. The van der Waals surface area contributed by atoms with Crippen molar-refractivity contribution in [1.29, 1.82) is 0 Å². The van der Waals surface area contributed by atoms with Crippen molar-refractivity contribution in [1.82, 2.24) is 4.72 Å². The van der Waals surface area contributed by atoms with Gasteiger partial charge in [-0.25, -0.2) is 13.1 Å². The summed E-state index contributed by atoms with van der Waals surface area (Å²) in [6.45, 7) is 3.71. The highest BCUT2D eigenvalue weighted by Crippen LogP contribution is 2.22. The summed E-state index contributed by atoms with van der Waals surface area (Å²) in [4.78, 5) is 12.1. The van der Waals surface area contributed by atoms with Crippen LogP contribution in [0, 0.1) is 13.8 Å². The quantitative estimate of drug-likeness (QED) is 0.838. The zero-order valence-corrected chi connectivity index (χ0v) is 14.6. The molecule has 0 spiro atoms. The number of ether oxygens (including phenoxy) is 1. The van der Waals surface area contributed by atoms with Crippen LogP contribution in [0.4, 0.5) is 5.69 Å². The van der Waals surface area contributed by atoms with Gasteiger partial charge < -0.3 is 10.1 Å². The molecule has 0 radical (unpaired) electrons. The van der Waals surface area contributed by atoms with Crippen molar-refractivity contribution in [2.24, 2.45) is 0 Å². The predicted molar refractivity (Wildman–Crippen MR) is 92.7 cm³/mol. The highest BCUT2D eigenvalue weighted by atomic mass is 32.2. The first-order valence-corrected chi connectivity index (χ1v) is 8.84. The molecule has 2 rings (SSSR count). The minimum absolute atomic E-state index is 0.123. The van der Waals surface area contributed by atoms with E-state index in [-0.39, 0.29) is 17.4 Å². The Kier molecular flexibility index (Phi) is 5.58. The summed E-state index contributed by atoms with van der Waals surface area (Å²) in [5.74, 6) is 0.380. The molecule has 2 aromatic carbocycles. The summed E-state index contributed by atoms with van der Waals surface area (Å²) in [6.07, 6.45) is 0. The molecular weight excluding hydrogens is 328 g/mol. The Morgan fingerprint density at radius 3 is 2.17 bits per heavy atom. The van der Waals surface area contributed by atoms with Crippen LogP contribution in [-0.4, -0.2) is 28.0 Å². The molecule has 0 atom stereocenters. The molecule has 0 unspecified atom stereocenters. The molecule has 2 N–H and O–H groups in total. The van der Waals surface area contributed by atoms with Gasteiger partial charge in [0, 0.05) is 5.69 Å². The van der Waals surface area contributed by atoms with Crippen molar-refractivity contribution < 1.29 is 17.9 Å². The highest BCUT2D eigenvalue weighted by molar-refractivity contribution is 7.89. The topological polar surface area (TPSA) is 84.5 Å². The first-order valence-electron chi connectivity index (χ1n) is 7.36. The van der Waals surface area contributed by atoms with Crippen LogP contribution in [0.3, 0.4) is 0 Å². The lowest BCUT2D eigenvalue weighted by atomic mass is 10.1. The fraction of sp³-hybridized carbons (Fsp3) is 0.235. The van der Waals surface area contributed by atoms with Gasteiger partial charge in [0.15, 0.2) is 6.61 Å². The van der Waals surface area contributed by atoms with Crippen molar-refractivity contribution in [2.45, 2.75) is 18.7 Å². The molecule has 6 nitrogen and oxygen atoms in total. The van der Waals surface area contributed by atoms with Crippen LogP contribution in [0.25, 0.3) is 0 Å². The number of hydrogen-bond donors (Lipinski definition) is 2. The Morgan fingerprint density at radius 2 is 1.62 bits per heavy atom. The van der Waals surface area contributed by atoms with Crippen molar-refractivity contribution in [3.63, 3.8) is 0 Å². The van der Waals surface area contributed by atoms with Crippen LogP contribution in [0.5, 0.6) is 5.75 Å². The van der Waals surface area contributed by atoms with Gasteiger partial charge in [-0.2, -0.15) is 0 Å². The Bertz CT molecular complexity index is 810. The van der Waals surface area contributed by atoms with Crippen LogP contribution >= 0.6 is 0 Å². The van der Waals surface area contributed by atoms with E-state index in [0.717, 1.165) is 11.1 Å². The number of para-hydroxylation sites is 1. The van der Waals surface area contributed by atoms with E-state index in [9.17, 15) is 13.2 Å². The third-order valence-electron chi connectivity index (χ3n) is 3.47. The molecule has 0 heterocycles. The van der Waals surface area contributed by atoms with Gasteiger partial charge in [0.05, 0.1) is 4.90 Å².